The van der Waals surface area contributed by atoms with Gasteiger partial charge in [-0.05, 0) is 39.0 Å². The van der Waals surface area contributed by atoms with Gasteiger partial charge >= 0.3 is 0 Å². The van der Waals surface area contributed by atoms with Crippen LogP contribution in [-0.2, 0) is 27.0 Å². The summed E-state index contributed by atoms with van der Waals surface area (Å²) in [6, 6.07) is 14.0. The summed E-state index contributed by atoms with van der Waals surface area (Å²) < 4.78 is 40.1. The zero-order chi connectivity index (χ0) is 18.9. The van der Waals surface area contributed by atoms with Gasteiger partial charge in [0.25, 0.3) is 0 Å². The Hall–Kier alpha value is -1.60. The molecule has 2 aromatic carbocycles. The molecule has 142 valence electrons. The first-order chi connectivity index (χ1) is 12.5. The molecule has 0 aliphatic carbocycles. The average Bonchev–Trinajstić information content (AvgIpc) is 2.63. The summed E-state index contributed by atoms with van der Waals surface area (Å²) in [6.07, 6.45) is -0.522. The molecular weight excluding hydrogens is 353 g/mol. The van der Waals surface area contributed by atoms with Gasteiger partial charge in [0.1, 0.15) is 16.8 Å². The Morgan fingerprint density at radius 1 is 1.04 bits per heavy atom. The SMILES string of the molecule is CCOC(CN(Cc1ccccc1F)S(=O)c1ccc(C)cc1)OCC. The van der Waals surface area contributed by atoms with Crippen molar-refractivity contribution in [3.05, 3.63) is 65.5 Å². The Morgan fingerprint density at radius 2 is 1.65 bits per heavy atom. The molecule has 0 spiro atoms. The van der Waals surface area contributed by atoms with E-state index in [1.165, 1.54) is 6.07 Å². The van der Waals surface area contributed by atoms with Crippen molar-refractivity contribution < 1.29 is 18.1 Å². The predicted molar refractivity (Wildman–Crippen MR) is 101 cm³/mol. The Balaban J connectivity index is 2.26. The first-order valence-electron chi connectivity index (χ1n) is 8.75. The minimum absolute atomic E-state index is 0.198. The number of nitrogens with zero attached hydrogens (tertiary/aromatic N) is 1. The summed E-state index contributed by atoms with van der Waals surface area (Å²) in [5.41, 5.74) is 1.58. The zero-order valence-corrected chi connectivity index (χ0v) is 16.3. The number of halogens is 1. The summed E-state index contributed by atoms with van der Waals surface area (Å²) in [6.45, 7) is 7.17. The molecule has 0 aliphatic heterocycles. The quantitative estimate of drug-likeness (QED) is 0.585. The van der Waals surface area contributed by atoms with Crippen LogP contribution in [0.3, 0.4) is 0 Å². The molecule has 0 N–H and O–H groups in total. The minimum atomic E-state index is -1.46. The second-order valence-electron chi connectivity index (χ2n) is 5.82. The summed E-state index contributed by atoms with van der Waals surface area (Å²) in [7, 11) is -1.46. The van der Waals surface area contributed by atoms with E-state index in [-0.39, 0.29) is 18.9 Å². The third kappa shape index (κ3) is 5.99. The lowest BCUT2D eigenvalue weighted by Crippen LogP contribution is -2.37. The molecule has 2 rings (SSSR count). The monoisotopic (exact) mass is 379 g/mol. The van der Waals surface area contributed by atoms with E-state index in [9.17, 15) is 8.60 Å². The minimum Gasteiger partial charge on any atom is -0.352 e. The second kappa shape index (κ2) is 10.5. The van der Waals surface area contributed by atoms with E-state index in [1.54, 1.807) is 22.5 Å². The number of ether oxygens (including phenoxy) is 2. The summed E-state index contributed by atoms with van der Waals surface area (Å²) in [4.78, 5) is 0.665. The van der Waals surface area contributed by atoms with Crippen molar-refractivity contribution in [2.24, 2.45) is 0 Å². The highest BCUT2D eigenvalue weighted by molar-refractivity contribution is 7.82. The van der Waals surface area contributed by atoms with Gasteiger partial charge in [0.15, 0.2) is 6.29 Å². The van der Waals surface area contributed by atoms with Crippen LogP contribution in [0.4, 0.5) is 4.39 Å². The molecule has 4 nitrogen and oxygen atoms in total. The van der Waals surface area contributed by atoms with Gasteiger partial charge in [-0.3, -0.25) is 0 Å². The van der Waals surface area contributed by atoms with Gasteiger partial charge in [0.05, 0.1) is 11.4 Å². The molecular formula is C20H26FNO3S. The summed E-state index contributed by atoms with van der Waals surface area (Å²) in [5.74, 6) is -0.317. The molecule has 0 radical (unpaired) electrons. The van der Waals surface area contributed by atoms with Gasteiger partial charge in [-0.2, -0.15) is 0 Å². The Labute approximate surface area is 157 Å². The highest BCUT2D eigenvalue weighted by atomic mass is 32.2. The van der Waals surface area contributed by atoms with Gasteiger partial charge in [-0.1, -0.05) is 35.9 Å². The van der Waals surface area contributed by atoms with Crippen molar-refractivity contribution in [1.29, 1.82) is 0 Å². The molecule has 0 bridgehead atoms. The summed E-state index contributed by atoms with van der Waals surface area (Å²) in [5, 5.41) is 0. The normalized spacial score (nSPS) is 12.7. The van der Waals surface area contributed by atoms with E-state index in [0.29, 0.717) is 23.7 Å². The maximum atomic E-state index is 14.1. The molecule has 26 heavy (non-hydrogen) atoms. The van der Waals surface area contributed by atoms with E-state index in [2.05, 4.69) is 0 Å². The topological polar surface area (TPSA) is 38.8 Å². The third-order valence-corrected chi connectivity index (χ3v) is 5.24. The number of hydrogen-bond acceptors (Lipinski definition) is 3. The largest absolute Gasteiger partial charge is 0.352 e. The van der Waals surface area contributed by atoms with Crippen LogP contribution in [0.5, 0.6) is 0 Å². The average molecular weight is 379 g/mol. The van der Waals surface area contributed by atoms with Gasteiger partial charge in [0.2, 0.25) is 0 Å². The van der Waals surface area contributed by atoms with Crippen LogP contribution >= 0.6 is 0 Å². The van der Waals surface area contributed by atoms with Crippen molar-refractivity contribution in [3.8, 4) is 0 Å². The van der Waals surface area contributed by atoms with E-state index >= 15 is 0 Å². The van der Waals surface area contributed by atoms with Gasteiger partial charge < -0.3 is 9.47 Å². The van der Waals surface area contributed by atoms with E-state index < -0.39 is 17.3 Å². The van der Waals surface area contributed by atoms with Crippen molar-refractivity contribution in [2.75, 3.05) is 19.8 Å². The van der Waals surface area contributed by atoms with E-state index in [4.69, 9.17) is 9.47 Å². The maximum absolute atomic E-state index is 14.1. The molecule has 1 unspecified atom stereocenters. The van der Waals surface area contributed by atoms with Crippen LogP contribution in [0.25, 0.3) is 0 Å². The van der Waals surface area contributed by atoms with Crippen LogP contribution in [0.2, 0.25) is 0 Å². The molecule has 2 aromatic rings. The predicted octanol–water partition coefficient (Wildman–Crippen LogP) is 4.06. The molecule has 0 saturated carbocycles. The van der Waals surface area contributed by atoms with Crippen molar-refractivity contribution >= 4 is 11.0 Å². The molecule has 6 heteroatoms. The standard InChI is InChI=1S/C20H26FNO3S/c1-4-24-20(25-5-2)15-22(14-17-8-6-7-9-19(17)21)26(23)18-12-10-16(3)11-13-18/h6-13,20H,4-5,14-15H2,1-3H3. The molecule has 0 aromatic heterocycles. The van der Waals surface area contributed by atoms with Crippen molar-refractivity contribution in [1.82, 2.24) is 4.31 Å². The van der Waals surface area contributed by atoms with E-state index in [0.717, 1.165) is 5.56 Å². The molecule has 0 heterocycles. The highest BCUT2D eigenvalue weighted by Crippen LogP contribution is 2.18. The molecule has 0 fully saturated rings. The van der Waals surface area contributed by atoms with Gasteiger partial charge in [0, 0.05) is 25.3 Å². The maximum Gasteiger partial charge on any atom is 0.171 e. The third-order valence-electron chi connectivity index (χ3n) is 3.82. The number of benzene rings is 2. The second-order valence-corrected chi connectivity index (χ2v) is 7.30. The molecule has 0 aliphatic rings. The van der Waals surface area contributed by atoms with Gasteiger partial charge in [-0.15, -0.1) is 0 Å². The first kappa shape index (κ1) is 20.7. The van der Waals surface area contributed by atoms with Crippen LogP contribution in [0.15, 0.2) is 53.4 Å². The smallest absolute Gasteiger partial charge is 0.171 e. The Morgan fingerprint density at radius 3 is 2.23 bits per heavy atom. The molecule has 0 amide bonds. The molecule has 1 atom stereocenters. The lowest BCUT2D eigenvalue weighted by Gasteiger charge is -2.26. The fraction of sp³-hybridized carbons (Fsp3) is 0.400. The fourth-order valence-electron chi connectivity index (χ4n) is 2.50. The van der Waals surface area contributed by atoms with E-state index in [1.807, 2.05) is 45.0 Å². The Bertz CT molecular complexity index is 702. The highest BCUT2D eigenvalue weighted by Gasteiger charge is 2.22. The Kier molecular flexibility index (Phi) is 8.38. The van der Waals surface area contributed by atoms with Crippen molar-refractivity contribution in [2.45, 2.75) is 38.5 Å². The number of hydrogen-bond donors (Lipinski definition) is 0. The lowest BCUT2D eigenvalue weighted by molar-refractivity contribution is -0.140. The van der Waals surface area contributed by atoms with Crippen LogP contribution < -0.4 is 0 Å². The van der Waals surface area contributed by atoms with Gasteiger partial charge in [-0.25, -0.2) is 12.9 Å². The van der Waals surface area contributed by atoms with Crippen LogP contribution in [-0.4, -0.2) is 34.6 Å². The summed E-state index contributed by atoms with van der Waals surface area (Å²) >= 11 is 0. The fourth-order valence-corrected chi connectivity index (χ4v) is 3.68. The number of rotatable bonds is 10. The first-order valence-corrected chi connectivity index (χ1v) is 9.86. The lowest BCUT2D eigenvalue weighted by atomic mass is 10.2. The molecule has 0 saturated heterocycles. The zero-order valence-electron chi connectivity index (χ0n) is 15.5. The van der Waals surface area contributed by atoms with Crippen molar-refractivity contribution in [3.63, 3.8) is 0 Å². The van der Waals surface area contributed by atoms with Crippen LogP contribution in [0, 0.1) is 12.7 Å². The van der Waals surface area contributed by atoms with Crippen LogP contribution in [0.1, 0.15) is 25.0 Å². The number of aryl methyl sites for hydroxylation is 1.